The molecule has 26 heavy (non-hydrogen) atoms. The normalized spacial score (nSPS) is 24.7. The lowest BCUT2D eigenvalue weighted by Crippen LogP contribution is -2.57. The van der Waals surface area contributed by atoms with Gasteiger partial charge in [-0.05, 0) is 67.2 Å². The van der Waals surface area contributed by atoms with Crippen molar-refractivity contribution in [3.8, 4) is 0 Å². The van der Waals surface area contributed by atoms with Crippen LogP contribution in [0.2, 0.25) is 0 Å². The van der Waals surface area contributed by atoms with E-state index in [0.29, 0.717) is 17.0 Å². The zero-order valence-electron chi connectivity index (χ0n) is 14.5. The highest BCUT2D eigenvalue weighted by Gasteiger charge is 2.36. The third kappa shape index (κ3) is 3.49. The second-order valence-corrected chi connectivity index (χ2v) is 7.29. The van der Waals surface area contributed by atoms with Gasteiger partial charge in [0.2, 0.25) is 5.91 Å². The summed E-state index contributed by atoms with van der Waals surface area (Å²) in [5, 5.41) is 3.21. The fourth-order valence-corrected chi connectivity index (χ4v) is 4.20. The van der Waals surface area contributed by atoms with Crippen LogP contribution in [0.15, 0.2) is 48.5 Å². The van der Waals surface area contributed by atoms with Gasteiger partial charge in [0.25, 0.3) is 0 Å². The lowest BCUT2D eigenvalue weighted by atomic mass is 9.83. The molecule has 0 radical (unpaired) electrons. The second kappa shape index (κ2) is 7.16. The largest absolute Gasteiger partial charge is 0.351 e. The van der Waals surface area contributed by atoms with E-state index in [2.05, 4.69) is 10.2 Å². The molecule has 3 heterocycles. The smallest absolute Gasteiger partial charge is 0.232 e. The van der Waals surface area contributed by atoms with Crippen LogP contribution in [0, 0.1) is 17.6 Å². The number of benzene rings is 2. The monoisotopic (exact) mass is 356 g/mol. The lowest BCUT2D eigenvalue weighted by molar-refractivity contribution is -0.123. The van der Waals surface area contributed by atoms with Crippen LogP contribution >= 0.6 is 0 Å². The van der Waals surface area contributed by atoms with Crippen molar-refractivity contribution >= 4 is 5.91 Å². The Morgan fingerprint density at radius 3 is 1.85 bits per heavy atom. The molecule has 136 valence electrons. The summed E-state index contributed by atoms with van der Waals surface area (Å²) < 4.78 is 26.7. The van der Waals surface area contributed by atoms with Crippen LogP contribution in [0.25, 0.3) is 0 Å². The van der Waals surface area contributed by atoms with Crippen LogP contribution < -0.4 is 5.32 Å². The third-order valence-corrected chi connectivity index (χ3v) is 5.65. The van der Waals surface area contributed by atoms with Crippen molar-refractivity contribution in [1.82, 2.24) is 10.2 Å². The molecule has 3 aliphatic rings. The number of amides is 1. The molecule has 0 aromatic heterocycles. The molecule has 5 rings (SSSR count). The molecule has 1 amide bonds. The second-order valence-electron chi connectivity index (χ2n) is 7.29. The van der Waals surface area contributed by atoms with Crippen LogP contribution in [0.4, 0.5) is 8.78 Å². The van der Waals surface area contributed by atoms with Gasteiger partial charge in [-0.2, -0.15) is 0 Å². The zero-order valence-corrected chi connectivity index (χ0v) is 14.5. The quantitative estimate of drug-likeness (QED) is 0.912. The van der Waals surface area contributed by atoms with Gasteiger partial charge in [-0.15, -0.1) is 0 Å². The average Bonchev–Trinajstić information content (AvgIpc) is 2.66. The number of fused-ring (bicyclic) bond motifs is 3. The molecule has 5 heteroatoms. The van der Waals surface area contributed by atoms with Crippen molar-refractivity contribution in [2.75, 3.05) is 19.6 Å². The Morgan fingerprint density at radius 1 is 0.923 bits per heavy atom. The number of piperidine rings is 3. The summed E-state index contributed by atoms with van der Waals surface area (Å²) in [6.45, 7) is 3.10. The number of rotatable bonds is 4. The first-order valence-corrected chi connectivity index (χ1v) is 9.14. The van der Waals surface area contributed by atoms with Gasteiger partial charge in [0.15, 0.2) is 0 Å². The van der Waals surface area contributed by atoms with E-state index in [1.165, 1.54) is 24.3 Å². The van der Waals surface area contributed by atoms with Crippen molar-refractivity contribution < 1.29 is 13.6 Å². The van der Waals surface area contributed by atoms with Crippen molar-refractivity contribution in [3.63, 3.8) is 0 Å². The number of nitrogens with zero attached hydrogens (tertiary/aromatic N) is 1. The Kier molecular flexibility index (Phi) is 4.72. The molecule has 0 aliphatic carbocycles. The van der Waals surface area contributed by atoms with Crippen molar-refractivity contribution in [1.29, 1.82) is 0 Å². The van der Waals surface area contributed by atoms with E-state index in [4.69, 9.17) is 0 Å². The average molecular weight is 356 g/mol. The molecule has 1 unspecified atom stereocenters. The van der Waals surface area contributed by atoms with Gasteiger partial charge >= 0.3 is 0 Å². The fourth-order valence-electron chi connectivity index (χ4n) is 4.20. The summed E-state index contributed by atoms with van der Waals surface area (Å²) in [6, 6.07) is 12.1. The topological polar surface area (TPSA) is 32.3 Å². The summed E-state index contributed by atoms with van der Waals surface area (Å²) >= 11 is 0. The Bertz CT molecular complexity index is 722. The minimum atomic E-state index is -0.577. The van der Waals surface area contributed by atoms with Gasteiger partial charge in [0.1, 0.15) is 11.6 Å². The van der Waals surface area contributed by atoms with E-state index >= 15 is 0 Å². The molecule has 1 atom stereocenters. The van der Waals surface area contributed by atoms with Crippen LogP contribution in [-0.4, -0.2) is 36.5 Å². The van der Waals surface area contributed by atoms with Crippen molar-refractivity contribution in [3.05, 3.63) is 71.3 Å². The maximum atomic E-state index is 13.3. The van der Waals surface area contributed by atoms with Gasteiger partial charge in [-0.3, -0.25) is 4.79 Å². The number of carbonyl (C=O) groups excluding carboxylic acids is 1. The Balaban J connectivity index is 1.60. The highest BCUT2D eigenvalue weighted by molar-refractivity contribution is 5.87. The van der Waals surface area contributed by atoms with Gasteiger partial charge < -0.3 is 10.2 Å². The van der Waals surface area contributed by atoms with Crippen LogP contribution in [-0.2, 0) is 4.79 Å². The molecule has 0 saturated carbocycles. The van der Waals surface area contributed by atoms with E-state index in [0.717, 1.165) is 32.5 Å². The van der Waals surface area contributed by atoms with Gasteiger partial charge in [-0.25, -0.2) is 8.78 Å². The fraction of sp³-hybridized carbons (Fsp3) is 0.381. The zero-order chi connectivity index (χ0) is 18.1. The van der Waals surface area contributed by atoms with E-state index in [1.54, 1.807) is 24.3 Å². The summed E-state index contributed by atoms with van der Waals surface area (Å²) in [6.07, 6.45) is 2.23. The summed E-state index contributed by atoms with van der Waals surface area (Å²) in [7, 11) is 0. The minimum absolute atomic E-state index is 0.109. The standard InChI is InChI=1S/C21H22F2N2O/c22-17-5-1-15(2-6-17)20(16-3-7-18(23)8-4-16)21(26)24-19-13-25-11-9-14(19)10-12-25/h1-8,14,19-20H,9-13H2,(H,24,26). The SMILES string of the molecule is O=C(NC1CN2CCC1CC2)C(c1ccc(F)cc1)c1ccc(F)cc1. The van der Waals surface area contributed by atoms with E-state index in [-0.39, 0.29) is 23.6 Å². The number of carbonyl (C=O) groups is 1. The number of hydrogen-bond acceptors (Lipinski definition) is 2. The highest BCUT2D eigenvalue weighted by atomic mass is 19.1. The Labute approximate surface area is 152 Å². The molecule has 1 N–H and O–H groups in total. The van der Waals surface area contributed by atoms with Gasteiger partial charge in [-0.1, -0.05) is 24.3 Å². The van der Waals surface area contributed by atoms with Crippen LogP contribution in [0.1, 0.15) is 29.9 Å². The van der Waals surface area contributed by atoms with Gasteiger partial charge in [0, 0.05) is 12.6 Å². The molecule has 2 bridgehead atoms. The van der Waals surface area contributed by atoms with Crippen molar-refractivity contribution in [2.24, 2.45) is 5.92 Å². The molecule has 3 saturated heterocycles. The predicted octanol–water partition coefficient (Wildman–Crippen LogP) is 3.31. The van der Waals surface area contributed by atoms with Crippen molar-refractivity contribution in [2.45, 2.75) is 24.8 Å². The first-order valence-electron chi connectivity index (χ1n) is 9.14. The predicted molar refractivity (Wildman–Crippen MR) is 95.7 cm³/mol. The highest BCUT2D eigenvalue weighted by Crippen LogP contribution is 2.30. The molecular formula is C21H22F2N2O. The molecule has 3 nitrogen and oxygen atoms in total. The molecule has 2 aromatic rings. The van der Waals surface area contributed by atoms with E-state index in [9.17, 15) is 13.6 Å². The summed E-state index contributed by atoms with van der Waals surface area (Å²) in [5.74, 6) is -0.853. The lowest BCUT2D eigenvalue weighted by Gasteiger charge is -2.45. The van der Waals surface area contributed by atoms with Crippen LogP contribution in [0.3, 0.4) is 0 Å². The molecule has 0 spiro atoms. The molecule has 3 aliphatic heterocycles. The Hall–Kier alpha value is -2.27. The summed E-state index contributed by atoms with van der Waals surface area (Å²) in [5.41, 5.74) is 1.41. The Morgan fingerprint density at radius 2 is 1.42 bits per heavy atom. The third-order valence-electron chi connectivity index (χ3n) is 5.65. The van der Waals surface area contributed by atoms with E-state index in [1.807, 2.05) is 0 Å². The molecule has 2 aromatic carbocycles. The number of nitrogens with one attached hydrogen (secondary N) is 1. The molecular weight excluding hydrogens is 334 g/mol. The number of halogens is 2. The minimum Gasteiger partial charge on any atom is -0.351 e. The maximum absolute atomic E-state index is 13.3. The number of hydrogen-bond donors (Lipinski definition) is 1. The first-order chi connectivity index (χ1) is 12.6. The maximum Gasteiger partial charge on any atom is 0.232 e. The first kappa shape index (κ1) is 17.2. The molecule has 3 fully saturated rings. The summed E-state index contributed by atoms with van der Waals surface area (Å²) in [4.78, 5) is 15.5. The van der Waals surface area contributed by atoms with E-state index < -0.39 is 5.92 Å². The van der Waals surface area contributed by atoms with Gasteiger partial charge in [0.05, 0.1) is 5.92 Å². The van der Waals surface area contributed by atoms with Crippen LogP contribution in [0.5, 0.6) is 0 Å².